The number of aromatic nitrogens is 4. The van der Waals surface area contributed by atoms with Gasteiger partial charge in [0.05, 0.1) is 11.2 Å². The van der Waals surface area contributed by atoms with E-state index in [0.717, 1.165) is 41.1 Å². The molecule has 4 aromatic rings. The van der Waals surface area contributed by atoms with Gasteiger partial charge in [-0.2, -0.15) is 4.98 Å². The lowest BCUT2D eigenvalue weighted by Gasteiger charge is -2.24. The number of hydrogen-bond donors (Lipinski definition) is 0. The second-order valence-electron chi connectivity index (χ2n) is 6.03. The van der Waals surface area contributed by atoms with Crippen molar-refractivity contribution in [3.8, 4) is 5.75 Å². The minimum atomic E-state index is -0.0498. The molecule has 6 nitrogen and oxygen atoms in total. The molecule has 0 fully saturated rings. The van der Waals surface area contributed by atoms with E-state index in [4.69, 9.17) is 21.3 Å². The van der Waals surface area contributed by atoms with Crippen LogP contribution in [0.3, 0.4) is 0 Å². The maximum Gasteiger partial charge on any atom is 0.257 e. The molecule has 2 aromatic carbocycles. The van der Waals surface area contributed by atoms with E-state index in [9.17, 15) is 0 Å². The third-order valence-electron chi connectivity index (χ3n) is 4.44. The fraction of sp³-hybridized carbons (Fsp3) is 0.167. The van der Waals surface area contributed by atoms with Gasteiger partial charge in [-0.15, -0.1) is 10.2 Å². The van der Waals surface area contributed by atoms with Crippen molar-refractivity contribution in [3.63, 3.8) is 0 Å². The van der Waals surface area contributed by atoms with E-state index in [-0.39, 0.29) is 5.01 Å². The van der Waals surface area contributed by atoms with Crippen LogP contribution in [0, 0.1) is 0 Å². The van der Waals surface area contributed by atoms with Gasteiger partial charge in [-0.25, -0.2) is 0 Å². The number of rotatable bonds is 1. The first-order chi connectivity index (χ1) is 12.7. The van der Waals surface area contributed by atoms with Gasteiger partial charge < -0.3 is 9.64 Å². The molecule has 0 amide bonds. The maximum atomic E-state index is 6.24. The first kappa shape index (κ1) is 15.8. The summed E-state index contributed by atoms with van der Waals surface area (Å²) in [6, 6.07) is 13.7. The van der Waals surface area contributed by atoms with Crippen LogP contribution in [0.5, 0.6) is 5.75 Å². The van der Waals surface area contributed by atoms with E-state index in [1.807, 2.05) is 46.9 Å². The first-order valence-corrected chi connectivity index (χ1v) is 9.46. The van der Waals surface area contributed by atoms with Crippen molar-refractivity contribution in [1.29, 1.82) is 0 Å². The molecule has 1 aliphatic rings. The van der Waals surface area contributed by atoms with Crippen molar-refractivity contribution in [3.05, 3.63) is 53.8 Å². The van der Waals surface area contributed by atoms with Crippen LogP contribution in [0.25, 0.3) is 16.7 Å². The van der Waals surface area contributed by atoms with Crippen molar-refractivity contribution in [2.45, 2.75) is 11.4 Å². The van der Waals surface area contributed by atoms with E-state index in [0.29, 0.717) is 10.8 Å². The van der Waals surface area contributed by atoms with Crippen LogP contribution in [-0.2, 0) is 0 Å². The summed E-state index contributed by atoms with van der Waals surface area (Å²) in [6.45, 7) is 0.752. The lowest BCUT2D eigenvalue weighted by atomic mass is 10.2. The van der Waals surface area contributed by atoms with Crippen molar-refractivity contribution >= 4 is 55.7 Å². The SMILES string of the molecule is Clc1ccc2c(N3CCC(Br)Oc4ccccc43)nc3nncn3c2c1. The van der Waals surface area contributed by atoms with Gasteiger partial charge >= 0.3 is 0 Å². The van der Waals surface area contributed by atoms with Gasteiger partial charge in [0.2, 0.25) is 0 Å². The third-order valence-corrected chi connectivity index (χ3v) is 5.32. The summed E-state index contributed by atoms with van der Waals surface area (Å²) in [7, 11) is 0. The second-order valence-corrected chi connectivity index (χ2v) is 7.49. The van der Waals surface area contributed by atoms with E-state index in [1.165, 1.54) is 0 Å². The highest BCUT2D eigenvalue weighted by atomic mass is 79.9. The number of anilines is 2. The molecule has 1 aliphatic heterocycles. The fourth-order valence-electron chi connectivity index (χ4n) is 3.28. The molecule has 26 heavy (non-hydrogen) atoms. The summed E-state index contributed by atoms with van der Waals surface area (Å²) < 4.78 is 7.85. The Morgan fingerprint density at radius 3 is 3.00 bits per heavy atom. The fourth-order valence-corrected chi connectivity index (χ4v) is 3.85. The number of nitrogens with zero attached hydrogens (tertiary/aromatic N) is 5. The van der Waals surface area contributed by atoms with E-state index < -0.39 is 0 Å². The Morgan fingerprint density at radius 1 is 1.19 bits per heavy atom. The van der Waals surface area contributed by atoms with E-state index in [2.05, 4.69) is 31.0 Å². The monoisotopic (exact) mass is 429 g/mol. The maximum absolute atomic E-state index is 6.24. The summed E-state index contributed by atoms with van der Waals surface area (Å²) in [5.74, 6) is 2.17. The quantitative estimate of drug-likeness (QED) is 0.414. The molecule has 0 radical (unpaired) electrons. The Labute approximate surface area is 162 Å². The largest absolute Gasteiger partial charge is 0.477 e. The number of para-hydroxylation sites is 2. The predicted octanol–water partition coefficient (Wildman–Crippen LogP) is 4.57. The molecule has 130 valence electrons. The minimum absolute atomic E-state index is 0.0498. The second kappa shape index (κ2) is 6.10. The Bertz CT molecular complexity index is 1130. The average Bonchev–Trinajstić information content (AvgIpc) is 3.05. The van der Waals surface area contributed by atoms with E-state index >= 15 is 0 Å². The highest BCUT2D eigenvalue weighted by Crippen LogP contribution is 2.40. The summed E-state index contributed by atoms with van der Waals surface area (Å²) in [5.41, 5.74) is 1.89. The normalized spacial score (nSPS) is 17.2. The van der Waals surface area contributed by atoms with Gasteiger partial charge in [0, 0.05) is 23.4 Å². The number of fused-ring (bicyclic) bond motifs is 4. The van der Waals surface area contributed by atoms with Gasteiger partial charge in [0.1, 0.15) is 17.9 Å². The molecule has 0 spiro atoms. The summed E-state index contributed by atoms with van der Waals surface area (Å²) in [4.78, 5) is 6.95. The minimum Gasteiger partial charge on any atom is -0.477 e. The molecule has 0 aliphatic carbocycles. The lowest BCUT2D eigenvalue weighted by molar-refractivity contribution is 0.295. The molecule has 0 N–H and O–H groups in total. The van der Waals surface area contributed by atoms with Gasteiger partial charge in [-0.1, -0.05) is 23.7 Å². The Morgan fingerprint density at radius 2 is 2.08 bits per heavy atom. The predicted molar refractivity (Wildman–Crippen MR) is 105 cm³/mol. The van der Waals surface area contributed by atoms with Crippen LogP contribution in [0.4, 0.5) is 11.5 Å². The highest BCUT2D eigenvalue weighted by molar-refractivity contribution is 9.09. The van der Waals surface area contributed by atoms with Crippen molar-refractivity contribution in [2.75, 3.05) is 11.4 Å². The standard InChI is InChI=1S/C18H13BrClN5O/c19-16-7-8-24(13-3-1-2-4-15(13)26-16)17-12-6-5-11(20)9-14(12)25-10-21-23-18(25)22-17/h1-6,9-10,16H,7-8H2. The highest BCUT2D eigenvalue weighted by Gasteiger charge is 2.25. The zero-order chi connectivity index (χ0) is 17.7. The van der Waals surface area contributed by atoms with Crippen LogP contribution in [0.15, 0.2) is 48.8 Å². The van der Waals surface area contributed by atoms with Crippen molar-refractivity contribution < 1.29 is 4.74 Å². The molecule has 1 atom stereocenters. The molecule has 0 saturated heterocycles. The molecule has 2 aromatic heterocycles. The Hall–Kier alpha value is -2.38. The number of alkyl halides is 1. The molecule has 0 saturated carbocycles. The number of hydrogen-bond acceptors (Lipinski definition) is 5. The number of ether oxygens (including phenoxy) is 1. The smallest absolute Gasteiger partial charge is 0.257 e. The van der Waals surface area contributed by atoms with E-state index in [1.54, 1.807) is 6.33 Å². The molecule has 3 heterocycles. The van der Waals surface area contributed by atoms with Crippen molar-refractivity contribution in [1.82, 2.24) is 19.6 Å². The van der Waals surface area contributed by atoms with Crippen LogP contribution < -0.4 is 9.64 Å². The number of halogens is 2. The summed E-state index contributed by atoms with van der Waals surface area (Å²) >= 11 is 9.82. The Kier molecular flexibility index (Phi) is 3.72. The van der Waals surface area contributed by atoms with Gasteiger partial charge in [0.25, 0.3) is 5.78 Å². The molecule has 0 bridgehead atoms. The molecule has 5 rings (SSSR count). The van der Waals surface area contributed by atoms with Crippen molar-refractivity contribution in [2.24, 2.45) is 0 Å². The summed E-state index contributed by atoms with van der Waals surface area (Å²) in [6.07, 6.45) is 2.46. The number of benzene rings is 2. The zero-order valence-electron chi connectivity index (χ0n) is 13.5. The zero-order valence-corrected chi connectivity index (χ0v) is 15.9. The first-order valence-electron chi connectivity index (χ1n) is 8.17. The average molecular weight is 431 g/mol. The van der Waals surface area contributed by atoms with Gasteiger partial charge in [-0.3, -0.25) is 4.40 Å². The van der Waals surface area contributed by atoms with Gasteiger partial charge in [-0.05, 0) is 46.3 Å². The van der Waals surface area contributed by atoms with Crippen LogP contribution in [0.2, 0.25) is 5.02 Å². The van der Waals surface area contributed by atoms with Crippen LogP contribution in [-0.4, -0.2) is 31.1 Å². The van der Waals surface area contributed by atoms with Gasteiger partial charge in [0.15, 0.2) is 5.01 Å². The molecule has 8 heteroatoms. The molecule has 1 unspecified atom stereocenters. The molecular formula is C18H13BrClN5O. The topological polar surface area (TPSA) is 55.5 Å². The Balaban J connectivity index is 1.80. The summed E-state index contributed by atoms with van der Waals surface area (Å²) in [5, 5.41) is 9.72. The van der Waals surface area contributed by atoms with Crippen LogP contribution in [0.1, 0.15) is 6.42 Å². The third kappa shape index (κ3) is 2.50. The molecular weight excluding hydrogens is 418 g/mol. The lowest BCUT2D eigenvalue weighted by Crippen LogP contribution is -2.20. The van der Waals surface area contributed by atoms with Crippen LogP contribution >= 0.6 is 27.5 Å².